The van der Waals surface area contributed by atoms with Crippen molar-refractivity contribution in [1.82, 2.24) is 9.80 Å². The Kier molecular flexibility index (Phi) is 5.46. The molecule has 0 spiro atoms. The van der Waals surface area contributed by atoms with E-state index >= 15 is 0 Å². The largest absolute Gasteiger partial charge is 0.328 e. The van der Waals surface area contributed by atoms with E-state index in [2.05, 4.69) is 23.6 Å². The molecule has 0 aliphatic carbocycles. The molecule has 2 heterocycles. The van der Waals surface area contributed by atoms with Gasteiger partial charge in [0, 0.05) is 12.1 Å². The second kappa shape index (κ2) is 6.88. The molecule has 2 saturated heterocycles. The van der Waals surface area contributed by atoms with Crippen molar-refractivity contribution in [3.05, 3.63) is 0 Å². The number of nitrogens with zero attached hydrogens (tertiary/aromatic N) is 2. The van der Waals surface area contributed by atoms with Gasteiger partial charge in [0.05, 0.1) is 0 Å². The van der Waals surface area contributed by atoms with Crippen LogP contribution in [-0.4, -0.2) is 54.6 Å². The summed E-state index contributed by atoms with van der Waals surface area (Å²) in [6.07, 6.45) is 6.68. The van der Waals surface area contributed by atoms with E-state index in [4.69, 9.17) is 5.73 Å². The van der Waals surface area contributed by atoms with E-state index in [1.54, 1.807) is 0 Å². The van der Waals surface area contributed by atoms with Crippen LogP contribution in [0.1, 0.15) is 46.0 Å². The Balaban J connectivity index is 1.71. The van der Waals surface area contributed by atoms with Gasteiger partial charge in [0.2, 0.25) is 0 Å². The molecule has 0 aromatic heterocycles. The van der Waals surface area contributed by atoms with Crippen molar-refractivity contribution in [2.24, 2.45) is 11.7 Å². The van der Waals surface area contributed by atoms with Crippen LogP contribution in [0.5, 0.6) is 0 Å². The SMILES string of the molecule is CCCN1CCC(N2CCC(C(C)N)CC2)CC1. The summed E-state index contributed by atoms with van der Waals surface area (Å²) in [7, 11) is 0. The van der Waals surface area contributed by atoms with Crippen LogP contribution in [0.3, 0.4) is 0 Å². The molecule has 2 rings (SSSR count). The third kappa shape index (κ3) is 3.69. The molecule has 0 bridgehead atoms. The maximum Gasteiger partial charge on any atom is 0.0120 e. The molecule has 1 unspecified atom stereocenters. The number of piperidine rings is 2. The van der Waals surface area contributed by atoms with Crippen molar-refractivity contribution < 1.29 is 0 Å². The van der Waals surface area contributed by atoms with Gasteiger partial charge in [-0.2, -0.15) is 0 Å². The average Bonchev–Trinajstić information content (AvgIpc) is 2.40. The quantitative estimate of drug-likeness (QED) is 0.831. The lowest BCUT2D eigenvalue weighted by Gasteiger charge is -2.42. The standard InChI is InChI=1S/C15H31N3/c1-3-8-17-9-6-15(7-10-17)18-11-4-14(5-12-18)13(2)16/h13-15H,3-12,16H2,1-2H3. The topological polar surface area (TPSA) is 32.5 Å². The molecule has 3 nitrogen and oxygen atoms in total. The highest BCUT2D eigenvalue weighted by Crippen LogP contribution is 2.25. The molecule has 0 aromatic carbocycles. The van der Waals surface area contributed by atoms with Crippen LogP contribution in [0.2, 0.25) is 0 Å². The van der Waals surface area contributed by atoms with E-state index in [-0.39, 0.29) is 0 Å². The summed E-state index contributed by atoms with van der Waals surface area (Å²) in [4.78, 5) is 5.37. The van der Waals surface area contributed by atoms with Crippen molar-refractivity contribution in [2.75, 3.05) is 32.7 Å². The van der Waals surface area contributed by atoms with Gasteiger partial charge in [0.25, 0.3) is 0 Å². The summed E-state index contributed by atoms with van der Waals surface area (Å²) in [6.45, 7) is 10.9. The zero-order valence-corrected chi connectivity index (χ0v) is 12.3. The fraction of sp³-hybridized carbons (Fsp3) is 1.00. The monoisotopic (exact) mass is 253 g/mol. The van der Waals surface area contributed by atoms with Gasteiger partial charge >= 0.3 is 0 Å². The summed E-state index contributed by atoms with van der Waals surface area (Å²) in [6, 6.07) is 1.24. The van der Waals surface area contributed by atoms with Gasteiger partial charge in [0.15, 0.2) is 0 Å². The van der Waals surface area contributed by atoms with Crippen LogP contribution in [0.15, 0.2) is 0 Å². The maximum absolute atomic E-state index is 6.02. The first-order valence-electron chi connectivity index (χ1n) is 7.92. The molecule has 0 radical (unpaired) electrons. The molecule has 2 aliphatic rings. The highest BCUT2D eigenvalue weighted by molar-refractivity contribution is 4.84. The van der Waals surface area contributed by atoms with Crippen LogP contribution in [0.25, 0.3) is 0 Å². The van der Waals surface area contributed by atoms with E-state index < -0.39 is 0 Å². The zero-order chi connectivity index (χ0) is 13.0. The normalized spacial score (nSPS) is 27.5. The molecule has 1 atom stereocenters. The fourth-order valence-electron chi connectivity index (χ4n) is 3.63. The number of rotatable bonds is 4. The van der Waals surface area contributed by atoms with E-state index in [9.17, 15) is 0 Å². The smallest absolute Gasteiger partial charge is 0.0120 e. The lowest BCUT2D eigenvalue weighted by Crippen LogP contribution is -2.49. The van der Waals surface area contributed by atoms with Crippen LogP contribution < -0.4 is 5.73 Å². The van der Waals surface area contributed by atoms with Crippen LogP contribution in [0.4, 0.5) is 0 Å². The van der Waals surface area contributed by atoms with Crippen molar-refractivity contribution in [2.45, 2.75) is 58.0 Å². The Hall–Kier alpha value is -0.120. The summed E-state index contributed by atoms with van der Waals surface area (Å²) in [5, 5.41) is 0. The Morgan fingerprint density at radius 3 is 2.17 bits per heavy atom. The van der Waals surface area contributed by atoms with E-state index in [0.29, 0.717) is 6.04 Å². The molecule has 0 saturated carbocycles. The highest BCUT2D eigenvalue weighted by atomic mass is 15.2. The lowest BCUT2D eigenvalue weighted by atomic mass is 9.89. The summed E-state index contributed by atoms with van der Waals surface area (Å²) >= 11 is 0. The first-order valence-corrected chi connectivity index (χ1v) is 7.92. The van der Waals surface area contributed by atoms with Crippen LogP contribution in [0, 0.1) is 5.92 Å². The fourth-order valence-corrected chi connectivity index (χ4v) is 3.63. The minimum Gasteiger partial charge on any atom is -0.328 e. The maximum atomic E-state index is 6.02. The molecule has 106 valence electrons. The van der Waals surface area contributed by atoms with Gasteiger partial charge in [-0.3, -0.25) is 0 Å². The van der Waals surface area contributed by atoms with Crippen LogP contribution in [-0.2, 0) is 0 Å². The van der Waals surface area contributed by atoms with E-state index in [0.717, 1.165) is 12.0 Å². The van der Waals surface area contributed by atoms with Crippen molar-refractivity contribution in [1.29, 1.82) is 0 Å². The first kappa shape index (κ1) is 14.3. The molecule has 2 aliphatic heterocycles. The number of hydrogen-bond acceptors (Lipinski definition) is 3. The van der Waals surface area contributed by atoms with Crippen molar-refractivity contribution >= 4 is 0 Å². The molecule has 2 N–H and O–H groups in total. The molecule has 2 fully saturated rings. The summed E-state index contributed by atoms with van der Waals surface area (Å²) < 4.78 is 0. The van der Waals surface area contributed by atoms with E-state index in [1.165, 1.54) is 64.8 Å². The molecule has 0 aromatic rings. The van der Waals surface area contributed by atoms with Crippen molar-refractivity contribution in [3.8, 4) is 0 Å². The van der Waals surface area contributed by atoms with Gasteiger partial charge in [-0.05, 0) is 77.7 Å². The van der Waals surface area contributed by atoms with Gasteiger partial charge in [0.1, 0.15) is 0 Å². The minimum atomic E-state index is 0.388. The third-order valence-corrected chi connectivity index (χ3v) is 4.93. The first-order chi connectivity index (χ1) is 8.70. The van der Waals surface area contributed by atoms with Crippen LogP contribution >= 0.6 is 0 Å². The Bertz CT molecular complexity index is 226. The summed E-state index contributed by atoms with van der Waals surface area (Å²) in [5.41, 5.74) is 6.02. The highest BCUT2D eigenvalue weighted by Gasteiger charge is 2.28. The lowest BCUT2D eigenvalue weighted by molar-refractivity contribution is 0.0741. The predicted octanol–water partition coefficient (Wildman–Crippen LogP) is 1.92. The Morgan fingerprint density at radius 1 is 1.06 bits per heavy atom. The van der Waals surface area contributed by atoms with Gasteiger partial charge in [-0.15, -0.1) is 0 Å². The zero-order valence-electron chi connectivity index (χ0n) is 12.3. The molecule has 0 amide bonds. The number of hydrogen-bond donors (Lipinski definition) is 1. The predicted molar refractivity (Wildman–Crippen MR) is 77.7 cm³/mol. The molecule has 18 heavy (non-hydrogen) atoms. The Labute approximate surface area is 113 Å². The third-order valence-electron chi connectivity index (χ3n) is 4.93. The second-order valence-electron chi connectivity index (χ2n) is 6.31. The number of nitrogens with two attached hydrogens (primary N) is 1. The van der Waals surface area contributed by atoms with E-state index in [1.807, 2.05) is 0 Å². The minimum absolute atomic E-state index is 0.388. The Morgan fingerprint density at radius 2 is 1.67 bits per heavy atom. The molecular formula is C15H31N3. The van der Waals surface area contributed by atoms with Gasteiger partial charge in [-0.25, -0.2) is 0 Å². The second-order valence-corrected chi connectivity index (χ2v) is 6.31. The average molecular weight is 253 g/mol. The van der Waals surface area contributed by atoms with Gasteiger partial charge in [-0.1, -0.05) is 6.92 Å². The van der Waals surface area contributed by atoms with Crippen molar-refractivity contribution in [3.63, 3.8) is 0 Å². The van der Waals surface area contributed by atoms with Gasteiger partial charge < -0.3 is 15.5 Å². The number of likely N-dealkylation sites (tertiary alicyclic amines) is 2. The summed E-state index contributed by atoms with van der Waals surface area (Å²) in [5.74, 6) is 0.765. The molecule has 3 heteroatoms. The molecular weight excluding hydrogens is 222 g/mol.